The minimum atomic E-state index is -0.123. The normalized spacial score (nSPS) is 12.8. The zero-order chi connectivity index (χ0) is 22.0. The number of allylic oxidation sites excluding steroid dienone is 3. The van der Waals surface area contributed by atoms with Crippen molar-refractivity contribution in [1.29, 1.82) is 0 Å². The number of methoxy groups -OCH3 is 1. The van der Waals surface area contributed by atoms with E-state index in [4.69, 9.17) is 16.3 Å². The van der Waals surface area contributed by atoms with Crippen LogP contribution < -0.4 is 10.1 Å². The highest BCUT2D eigenvalue weighted by molar-refractivity contribution is 6.30. The first-order valence-electron chi connectivity index (χ1n) is 10.1. The molecule has 5 nitrogen and oxygen atoms in total. The number of nitrogens with one attached hydrogen (secondary N) is 1. The molecule has 1 N–H and O–H groups in total. The van der Waals surface area contributed by atoms with E-state index in [1.807, 2.05) is 43.4 Å². The van der Waals surface area contributed by atoms with Crippen molar-refractivity contribution in [2.24, 2.45) is 0 Å². The van der Waals surface area contributed by atoms with Gasteiger partial charge in [0.2, 0.25) is 5.91 Å². The third-order valence-electron chi connectivity index (χ3n) is 5.56. The van der Waals surface area contributed by atoms with Gasteiger partial charge in [-0.05, 0) is 67.8 Å². The van der Waals surface area contributed by atoms with Gasteiger partial charge in [-0.25, -0.2) is 0 Å². The maximum atomic E-state index is 13.3. The Kier molecular flexibility index (Phi) is 5.96. The number of halogens is 1. The van der Waals surface area contributed by atoms with Crippen molar-refractivity contribution in [1.82, 2.24) is 9.88 Å². The average molecular weight is 435 g/mol. The predicted molar refractivity (Wildman–Crippen MR) is 123 cm³/mol. The van der Waals surface area contributed by atoms with Crippen LogP contribution in [0.25, 0.3) is 10.9 Å². The topological polar surface area (TPSA) is 60.3 Å². The van der Waals surface area contributed by atoms with Crippen molar-refractivity contribution in [2.75, 3.05) is 13.7 Å². The molecule has 1 aliphatic carbocycles. The van der Waals surface area contributed by atoms with Crippen LogP contribution in [0.15, 0.2) is 66.3 Å². The number of carbonyl (C=O) groups is 2. The predicted octanol–water partition coefficient (Wildman–Crippen LogP) is 4.85. The van der Waals surface area contributed by atoms with Gasteiger partial charge in [0.15, 0.2) is 0 Å². The molecule has 2 aromatic carbocycles. The number of ether oxygens (including phenoxy) is 1. The molecule has 6 heteroatoms. The maximum absolute atomic E-state index is 13.3. The Labute approximate surface area is 186 Å². The molecule has 1 aliphatic rings. The number of carbonyl (C=O) groups excluding carboxylic acids is 2. The zero-order valence-corrected chi connectivity index (χ0v) is 18.2. The quantitative estimate of drug-likeness (QED) is 0.603. The van der Waals surface area contributed by atoms with E-state index >= 15 is 0 Å². The fourth-order valence-corrected chi connectivity index (χ4v) is 4.04. The molecule has 0 radical (unpaired) electrons. The smallest absolute Gasteiger partial charge is 0.262 e. The Hall–Kier alpha value is -3.31. The number of benzene rings is 2. The van der Waals surface area contributed by atoms with Crippen LogP contribution in [0.2, 0.25) is 5.02 Å². The third kappa shape index (κ3) is 4.14. The summed E-state index contributed by atoms with van der Waals surface area (Å²) in [4.78, 5) is 25.6. The van der Waals surface area contributed by atoms with Crippen LogP contribution in [0.1, 0.15) is 28.0 Å². The first kappa shape index (κ1) is 20.9. The van der Waals surface area contributed by atoms with Gasteiger partial charge >= 0.3 is 0 Å². The summed E-state index contributed by atoms with van der Waals surface area (Å²) in [6.45, 7) is 2.41. The highest BCUT2D eigenvalue weighted by Gasteiger charge is 2.20. The molecule has 0 fully saturated rings. The lowest BCUT2D eigenvalue weighted by molar-refractivity contribution is -0.117. The summed E-state index contributed by atoms with van der Waals surface area (Å²) in [6, 6.07) is 12.5. The van der Waals surface area contributed by atoms with Gasteiger partial charge < -0.3 is 10.1 Å². The van der Waals surface area contributed by atoms with Crippen LogP contribution in [0.5, 0.6) is 5.75 Å². The second kappa shape index (κ2) is 8.82. The number of aromatic nitrogens is 1. The number of amides is 1. The summed E-state index contributed by atoms with van der Waals surface area (Å²) in [7, 11) is 1.62. The Bertz CT molecular complexity index is 1220. The summed E-state index contributed by atoms with van der Waals surface area (Å²) in [5.41, 5.74) is 3.98. The van der Waals surface area contributed by atoms with Gasteiger partial charge in [0.05, 0.1) is 12.6 Å². The molecule has 31 heavy (non-hydrogen) atoms. The van der Waals surface area contributed by atoms with E-state index < -0.39 is 0 Å². The van der Waals surface area contributed by atoms with Crippen molar-refractivity contribution >= 4 is 34.3 Å². The van der Waals surface area contributed by atoms with E-state index in [1.165, 1.54) is 0 Å². The van der Waals surface area contributed by atoms with Crippen molar-refractivity contribution < 1.29 is 14.3 Å². The second-order valence-electron chi connectivity index (χ2n) is 7.42. The molecule has 0 atom stereocenters. The van der Waals surface area contributed by atoms with Crippen LogP contribution in [-0.2, 0) is 11.2 Å². The number of hydrogen-bond acceptors (Lipinski definition) is 3. The summed E-state index contributed by atoms with van der Waals surface area (Å²) in [5, 5.41) is 4.51. The molecule has 1 aromatic heterocycles. The summed E-state index contributed by atoms with van der Waals surface area (Å²) < 4.78 is 7.12. The van der Waals surface area contributed by atoms with Crippen molar-refractivity contribution in [2.45, 2.75) is 19.8 Å². The Balaban J connectivity index is 1.67. The lowest BCUT2D eigenvalue weighted by Gasteiger charge is -2.09. The SMILES string of the molecule is COc1ccc2c(c1)c(CCNC(=O)C1=CC=CC1)c(C)n2C(=O)c1ccc(Cl)cc1. The van der Waals surface area contributed by atoms with Crippen LogP contribution in [0.4, 0.5) is 0 Å². The summed E-state index contributed by atoms with van der Waals surface area (Å²) in [6.07, 6.45) is 6.95. The van der Waals surface area contributed by atoms with Crippen LogP contribution in [0.3, 0.4) is 0 Å². The highest BCUT2D eigenvalue weighted by atomic mass is 35.5. The highest BCUT2D eigenvalue weighted by Crippen LogP contribution is 2.30. The molecule has 4 rings (SSSR count). The van der Waals surface area contributed by atoms with Gasteiger partial charge in [-0.3, -0.25) is 14.2 Å². The van der Waals surface area contributed by atoms with Gasteiger partial charge in [0, 0.05) is 33.8 Å². The Morgan fingerprint density at radius 3 is 2.61 bits per heavy atom. The Morgan fingerprint density at radius 2 is 1.94 bits per heavy atom. The fourth-order valence-electron chi connectivity index (χ4n) is 3.92. The molecular weight excluding hydrogens is 412 g/mol. The second-order valence-corrected chi connectivity index (χ2v) is 7.86. The van der Waals surface area contributed by atoms with Gasteiger partial charge in [-0.1, -0.05) is 29.8 Å². The van der Waals surface area contributed by atoms with Crippen LogP contribution in [0, 0.1) is 6.92 Å². The molecule has 1 heterocycles. The first-order valence-corrected chi connectivity index (χ1v) is 10.5. The maximum Gasteiger partial charge on any atom is 0.262 e. The Morgan fingerprint density at radius 1 is 1.16 bits per heavy atom. The lowest BCUT2D eigenvalue weighted by Crippen LogP contribution is -2.26. The summed E-state index contributed by atoms with van der Waals surface area (Å²) >= 11 is 5.98. The monoisotopic (exact) mass is 434 g/mol. The minimum absolute atomic E-state index is 0.0544. The minimum Gasteiger partial charge on any atom is -0.497 e. The van der Waals surface area contributed by atoms with E-state index in [0.717, 1.165) is 33.5 Å². The molecule has 158 valence electrons. The molecule has 1 amide bonds. The molecule has 0 bridgehead atoms. The number of nitrogens with zero attached hydrogens (tertiary/aromatic N) is 1. The van der Waals surface area contributed by atoms with E-state index in [1.54, 1.807) is 35.9 Å². The molecule has 0 spiro atoms. The molecule has 0 aliphatic heterocycles. The molecular formula is C25H23ClN2O3. The van der Waals surface area contributed by atoms with E-state index in [9.17, 15) is 9.59 Å². The van der Waals surface area contributed by atoms with Gasteiger partial charge in [-0.2, -0.15) is 0 Å². The molecule has 0 saturated carbocycles. The number of hydrogen-bond donors (Lipinski definition) is 1. The van der Waals surface area contributed by atoms with Gasteiger partial charge in [-0.15, -0.1) is 0 Å². The van der Waals surface area contributed by atoms with Crippen LogP contribution in [-0.4, -0.2) is 30.0 Å². The lowest BCUT2D eigenvalue weighted by atomic mass is 10.1. The van der Waals surface area contributed by atoms with Gasteiger partial charge in [0.25, 0.3) is 5.91 Å². The average Bonchev–Trinajstić information content (AvgIpc) is 3.40. The zero-order valence-electron chi connectivity index (χ0n) is 17.4. The van der Waals surface area contributed by atoms with E-state index in [-0.39, 0.29) is 11.8 Å². The van der Waals surface area contributed by atoms with Crippen molar-refractivity contribution in [3.63, 3.8) is 0 Å². The standard InChI is InChI=1S/C25H23ClN2O3/c1-16-21(13-14-27-24(29)17-5-3-4-6-17)22-15-20(31-2)11-12-23(22)28(16)25(30)18-7-9-19(26)10-8-18/h3-5,7-12,15H,6,13-14H2,1-2H3,(H,27,29). The van der Waals surface area contributed by atoms with Crippen molar-refractivity contribution in [3.8, 4) is 5.75 Å². The van der Waals surface area contributed by atoms with E-state index in [2.05, 4.69) is 5.32 Å². The third-order valence-corrected chi connectivity index (χ3v) is 5.81. The van der Waals surface area contributed by atoms with E-state index in [0.29, 0.717) is 30.0 Å². The van der Waals surface area contributed by atoms with Crippen molar-refractivity contribution in [3.05, 3.63) is 88.1 Å². The molecule has 0 unspecified atom stereocenters. The van der Waals surface area contributed by atoms with Crippen LogP contribution >= 0.6 is 11.6 Å². The molecule has 3 aromatic rings. The fraction of sp³-hybridized carbons (Fsp3) is 0.200. The number of rotatable bonds is 6. The molecule has 0 saturated heterocycles. The first-order chi connectivity index (χ1) is 15.0. The van der Waals surface area contributed by atoms with Gasteiger partial charge in [0.1, 0.15) is 5.75 Å². The number of fused-ring (bicyclic) bond motifs is 1. The largest absolute Gasteiger partial charge is 0.497 e. The summed E-state index contributed by atoms with van der Waals surface area (Å²) in [5.74, 6) is 0.541.